The van der Waals surface area contributed by atoms with E-state index in [1.165, 1.54) is 11.3 Å². The van der Waals surface area contributed by atoms with Gasteiger partial charge in [0.25, 0.3) is 0 Å². The first-order chi connectivity index (χ1) is 12.7. The van der Waals surface area contributed by atoms with Gasteiger partial charge in [-0.3, -0.25) is 0 Å². The van der Waals surface area contributed by atoms with Crippen LogP contribution >= 0.6 is 27.3 Å². The Balaban J connectivity index is 2.01. The summed E-state index contributed by atoms with van der Waals surface area (Å²) in [5.74, 6) is 1.30. The maximum Gasteiger partial charge on any atom is 0.175 e. The molecule has 1 heterocycles. The van der Waals surface area contributed by atoms with E-state index in [1.807, 2.05) is 42.5 Å². The molecule has 0 aliphatic heterocycles. The minimum Gasteiger partial charge on any atom is -0.493 e. The number of methoxy groups -OCH3 is 1. The number of hydrogen-bond acceptors (Lipinski definition) is 5. The Morgan fingerprint density at radius 2 is 2.15 bits per heavy atom. The molecular formula is C20H17BrN2O2S. The zero-order valence-corrected chi connectivity index (χ0v) is 16.9. The molecule has 0 fully saturated rings. The largest absolute Gasteiger partial charge is 0.493 e. The molecule has 0 unspecified atom stereocenters. The van der Waals surface area contributed by atoms with Gasteiger partial charge in [0.2, 0.25) is 0 Å². The molecule has 6 heteroatoms. The van der Waals surface area contributed by atoms with Gasteiger partial charge in [-0.25, -0.2) is 4.98 Å². The fourth-order valence-electron chi connectivity index (χ4n) is 2.46. The highest BCUT2D eigenvalue weighted by Gasteiger charge is 2.13. The average Bonchev–Trinajstić information content (AvgIpc) is 3.08. The van der Waals surface area contributed by atoms with Crippen molar-refractivity contribution in [3.05, 3.63) is 51.4 Å². The number of nitriles is 1. The number of aromatic nitrogens is 1. The fraction of sp³-hybridized carbons (Fsp3) is 0.200. The number of ether oxygens (including phenoxy) is 2. The minimum atomic E-state index is 0.516. The Morgan fingerprint density at radius 3 is 2.85 bits per heavy atom. The topological polar surface area (TPSA) is 55.1 Å². The standard InChI is InChI=1S/C20H17BrN2O2S/c1-3-8-25-19-15(21)10-13(11-17(19)24-2)9-14(12-22)20-23-16-6-4-5-7-18(16)26-20/h4-7,9-11H,3,8H2,1-2H3/b14-9+. The van der Waals surface area contributed by atoms with Crippen molar-refractivity contribution in [3.8, 4) is 17.6 Å². The van der Waals surface area contributed by atoms with Gasteiger partial charge in [-0.15, -0.1) is 11.3 Å². The number of fused-ring (bicyclic) bond motifs is 1. The van der Waals surface area contributed by atoms with Crippen molar-refractivity contribution in [2.45, 2.75) is 13.3 Å². The van der Waals surface area contributed by atoms with E-state index >= 15 is 0 Å². The lowest BCUT2D eigenvalue weighted by atomic mass is 10.1. The summed E-state index contributed by atoms with van der Waals surface area (Å²) < 4.78 is 13.1. The van der Waals surface area contributed by atoms with Crippen molar-refractivity contribution in [1.29, 1.82) is 5.26 Å². The molecule has 0 amide bonds. The highest BCUT2D eigenvalue weighted by Crippen LogP contribution is 2.38. The summed E-state index contributed by atoms with van der Waals surface area (Å²) in [5, 5.41) is 10.3. The molecule has 0 atom stereocenters. The molecule has 0 bridgehead atoms. The molecule has 0 saturated heterocycles. The van der Waals surface area contributed by atoms with Crippen molar-refractivity contribution < 1.29 is 9.47 Å². The van der Waals surface area contributed by atoms with Crippen LogP contribution in [0.15, 0.2) is 40.9 Å². The molecule has 3 rings (SSSR count). The van der Waals surface area contributed by atoms with E-state index in [1.54, 1.807) is 7.11 Å². The lowest BCUT2D eigenvalue weighted by Crippen LogP contribution is -1.99. The van der Waals surface area contributed by atoms with Crippen molar-refractivity contribution in [2.24, 2.45) is 0 Å². The summed E-state index contributed by atoms with van der Waals surface area (Å²) >= 11 is 5.04. The van der Waals surface area contributed by atoms with Crippen LogP contribution in [0.2, 0.25) is 0 Å². The van der Waals surface area contributed by atoms with Gasteiger partial charge in [0.15, 0.2) is 11.5 Å². The molecule has 2 aromatic carbocycles. The van der Waals surface area contributed by atoms with Crippen LogP contribution in [0.3, 0.4) is 0 Å². The lowest BCUT2D eigenvalue weighted by molar-refractivity contribution is 0.292. The number of allylic oxidation sites excluding steroid dienone is 1. The number of para-hydroxylation sites is 1. The molecular weight excluding hydrogens is 412 g/mol. The van der Waals surface area contributed by atoms with Crippen LogP contribution in [0, 0.1) is 11.3 Å². The summed E-state index contributed by atoms with van der Waals surface area (Å²) in [5.41, 5.74) is 2.26. The van der Waals surface area contributed by atoms with E-state index in [9.17, 15) is 5.26 Å². The van der Waals surface area contributed by atoms with Gasteiger partial charge in [0.1, 0.15) is 11.1 Å². The average molecular weight is 429 g/mol. The lowest BCUT2D eigenvalue weighted by Gasteiger charge is -2.13. The van der Waals surface area contributed by atoms with E-state index in [0.717, 1.165) is 26.7 Å². The smallest absolute Gasteiger partial charge is 0.175 e. The van der Waals surface area contributed by atoms with E-state index in [4.69, 9.17) is 9.47 Å². The summed E-state index contributed by atoms with van der Waals surface area (Å²) in [6.45, 7) is 2.66. The van der Waals surface area contributed by atoms with Gasteiger partial charge >= 0.3 is 0 Å². The van der Waals surface area contributed by atoms with E-state index < -0.39 is 0 Å². The molecule has 3 aromatic rings. The Morgan fingerprint density at radius 1 is 1.35 bits per heavy atom. The first-order valence-corrected chi connectivity index (χ1v) is 9.75. The van der Waals surface area contributed by atoms with Crippen molar-refractivity contribution in [2.75, 3.05) is 13.7 Å². The number of rotatable bonds is 6. The van der Waals surface area contributed by atoms with Crippen LogP contribution in [0.1, 0.15) is 23.9 Å². The summed E-state index contributed by atoms with van der Waals surface area (Å²) in [6.07, 6.45) is 2.72. The molecule has 0 aliphatic rings. The number of benzene rings is 2. The molecule has 1 aromatic heterocycles. The molecule has 0 spiro atoms. The van der Waals surface area contributed by atoms with Gasteiger partial charge in [0.05, 0.1) is 34.0 Å². The van der Waals surface area contributed by atoms with Gasteiger partial charge in [-0.1, -0.05) is 19.1 Å². The first kappa shape index (κ1) is 18.4. The summed E-state index contributed by atoms with van der Waals surface area (Å²) in [7, 11) is 1.60. The van der Waals surface area contributed by atoms with Crippen LogP contribution in [0.25, 0.3) is 21.9 Å². The summed E-state index contributed by atoms with van der Waals surface area (Å²) in [6, 6.07) is 13.9. The van der Waals surface area contributed by atoms with E-state index in [0.29, 0.717) is 28.7 Å². The highest BCUT2D eigenvalue weighted by atomic mass is 79.9. The van der Waals surface area contributed by atoms with Crippen LogP contribution in [0.5, 0.6) is 11.5 Å². The highest BCUT2D eigenvalue weighted by molar-refractivity contribution is 9.10. The SMILES string of the molecule is CCCOc1c(Br)cc(/C=C(\C#N)c2nc3ccccc3s2)cc1OC. The number of thiazole rings is 1. The Labute approximate surface area is 164 Å². The van der Waals surface area contributed by atoms with Gasteiger partial charge in [0, 0.05) is 0 Å². The zero-order valence-electron chi connectivity index (χ0n) is 14.5. The molecule has 0 aliphatic carbocycles. The molecule has 4 nitrogen and oxygen atoms in total. The van der Waals surface area contributed by atoms with Crippen LogP contribution < -0.4 is 9.47 Å². The normalized spacial score (nSPS) is 11.4. The maximum atomic E-state index is 9.61. The Hall–Kier alpha value is -2.36. The number of halogens is 1. The molecule has 0 saturated carbocycles. The fourth-order valence-corrected chi connectivity index (χ4v) is 3.97. The second-order valence-electron chi connectivity index (χ2n) is 5.54. The van der Waals surface area contributed by atoms with E-state index in [-0.39, 0.29) is 0 Å². The molecule has 132 valence electrons. The minimum absolute atomic E-state index is 0.516. The van der Waals surface area contributed by atoms with Crippen molar-refractivity contribution in [1.82, 2.24) is 4.98 Å². The molecule has 0 N–H and O–H groups in total. The van der Waals surface area contributed by atoms with Gasteiger partial charge < -0.3 is 9.47 Å². The predicted octanol–water partition coefficient (Wildman–Crippen LogP) is 5.92. The zero-order chi connectivity index (χ0) is 18.5. The van der Waals surface area contributed by atoms with Crippen LogP contribution in [0.4, 0.5) is 0 Å². The maximum absolute atomic E-state index is 9.61. The first-order valence-electron chi connectivity index (χ1n) is 8.14. The Bertz CT molecular complexity index is 972. The monoisotopic (exact) mass is 428 g/mol. The van der Waals surface area contributed by atoms with Crippen molar-refractivity contribution in [3.63, 3.8) is 0 Å². The van der Waals surface area contributed by atoms with E-state index in [2.05, 4.69) is 33.9 Å². The number of nitrogens with zero attached hydrogens (tertiary/aromatic N) is 2. The van der Waals surface area contributed by atoms with Crippen LogP contribution in [-0.2, 0) is 0 Å². The van der Waals surface area contributed by atoms with Gasteiger partial charge in [-0.05, 0) is 58.3 Å². The molecule has 0 radical (unpaired) electrons. The Kier molecular flexibility index (Phi) is 5.92. The van der Waals surface area contributed by atoms with Crippen LogP contribution in [-0.4, -0.2) is 18.7 Å². The molecule has 26 heavy (non-hydrogen) atoms. The predicted molar refractivity (Wildman–Crippen MR) is 110 cm³/mol. The quantitative estimate of drug-likeness (QED) is 0.457. The third-order valence-corrected chi connectivity index (χ3v) is 5.32. The van der Waals surface area contributed by atoms with Gasteiger partial charge in [-0.2, -0.15) is 5.26 Å². The third-order valence-electron chi connectivity index (χ3n) is 3.66. The second-order valence-corrected chi connectivity index (χ2v) is 7.42. The third kappa shape index (κ3) is 3.90. The van der Waals surface area contributed by atoms with Crippen molar-refractivity contribution >= 4 is 49.1 Å². The summed E-state index contributed by atoms with van der Waals surface area (Å²) in [4.78, 5) is 4.56. The number of hydrogen-bond donors (Lipinski definition) is 0. The second kappa shape index (κ2) is 8.35.